The number of rotatable bonds is 6. The first-order valence-corrected chi connectivity index (χ1v) is 11.8. The van der Waals surface area contributed by atoms with Gasteiger partial charge in [0.2, 0.25) is 11.8 Å². The second-order valence-electron chi connectivity index (χ2n) is 8.29. The monoisotopic (exact) mass is 401 g/mol. The Labute approximate surface area is 172 Å². The number of thioether (sulfide) groups is 1. The Morgan fingerprint density at radius 3 is 2.46 bits per heavy atom. The molecule has 6 heteroatoms. The third-order valence-corrected chi connectivity index (χ3v) is 7.01. The zero-order valence-electron chi connectivity index (χ0n) is 16.6. The fraction of sp³-hybridized carbons (Fsp3) is 0.636. The number of nitrogens with zero attached hydrogens (tertiary/aromatic N) is 2. The largest absolute Gasteiger partial charge is 0.342 e. The van der Waals surface area contributed by atoms with Crippen LogP contribution in [0.2, 0.25) is 0 Å². The van der Waals surface area contributed by atoms with Crippen LogP contribution in [-0.4, -0.2) is 65.8 Å². The predicted octanol–water partition coefficient (Wildman–Crippen LogP) is 2.87. The molecule has 0 bridgehead atoms. The number of anilines is 1. The van der Waals surface area contributed by atoms with Gasteiger partial charge in [-0.25, -0.2) is 0 Å². The summed E-state index contributed by atoms with van der Waals surface area (Å²) in [5.74, 6) is 2.94. The van der Waals surface area contributed by atoms with Gasteiger partial charge in [-0.05, 0) is 49.8 Å². The molecule has 3 aliphatic rings. The molecule has 4 rings (SSSR count). The van der Waals surface area contributed by atoms with Crippen LogP contribution in [0.1, 0.15) is 31.2 Å². The molecule has 1 aromatic rings. The van der Waals surface area contributed by atoms with Crippen molar-refractivity contribution in [3.63, 3.8) is 0 Å². The highest BCUT2D eigenvalue weighted by Crippen LogP contribution is 2.32. The van der Waals surface area contributed by atoms with Crippen molar-refractivity contribution in [3.8, 4) is 0 Å². The molecule has 2 saturated heterocycles. The van der Waals surface area contributed by atoms with Gasteiger partial charge in [-0.3, -0.25) is 9.59 Å². The van der Waals surface area contributed by atoms with Crippen molar-refractivity contribution < 1.29 is 9.59 Å². The summed E-state index contributed by atoms with van der Waals surface area (Å²) in [6.45, 7) is 4.89. The molecule has 3 fully saturated rings. The van der Waals surface area contributed by atoms with E-state index in [1.54, 1.807) is 0 Å². The van der Waals surface area contributed by atoms with Gasteiger partial charge in [0.15, 0.2) is 0 Å². The summed E-state index contributed by atoms with van der Waals surface area (Å²) in [4.78, 5) is 29.4. The first-order valence-electron chi connectivity index (χ1n) is 10.7. The van der Waals surface area contributed by atoms with Crippen molar-refractivity contribution in [2.24, 2.45) is 11.8 Å². The fourth-order valence-corrected chi connectivity index (χ4v) is 5.07. The molecule has 5 nitrogen and oxygen atoms in total. The van der Waals surface area contributed by atoms with Crippen molar-refractivity contribution >= 4 is 29.3 Å². The van der Waals surface area contributed by atoms with Gasteiger partial charge in [0.05, 0.1) is 5.92 Å². The molecule has 1 atom stereocenters. The molecule has 1 unspecified atom stereocenters. The quantitative estimate of drug-likeness (QED) is 0.796. The third kappa shape index (κ3) is 5.29. The van der Waals surface area contributed by atoms with Crippen LogP contribution in [0, 0.1) is 11.8 Å². The molecular weight excluding hydrogens is 370 g/mol. The van der Waals surface area contributed by atoms with Gasteiger partial charge in [-0.2, -0.15) is 11.8 Å². The van der Waals surface area contributed by atoms with Crippen LogP contribution in [0.25, 0.3) is 0 Å². The van der Waals surface area contributed by atoms with E-state index < -0.39 is 0 Å². The normalized spacial score (nSPS) is 23.4. The van der Waals surface area contributed by atoms with Crippen LogP contribution in [0.3, 0.4) is 0 Å². The number of amides is 2. The lowest BCUT2D eigenvalue weighted by atomic mass is 9.96. The Morgan fingerprint density at radius 1 is 1.00 bits per heavy atom. The standard InChI is InChI=1S/C22H31N3O2S/c26-21(19-2-1-10-25(16-19)22(27)18-5-6-18)23-20-7-3-17(4-8-20)9-11-24-12-14-28-15-13-24/h3-4,7-8,18-19H,1-2,5-6,9-16H2,(H,23,26). The first kappa shape index (κ1) is 19.8. The summed E-state index contributed by atoms with van der Waals surface area (Å²) in [7, 11) is 0. The lowest BCUT2D eigenvalue weighted by Crippen LogP contribution is -2.44. The van der Waals surface area contributed by atoms with E-state index >= 15 is 0 Å². The number of piperidine rings is 1. The SMILES string of the molecule is O=C(Nc1ccc(CCN2CCSCC2)cc1)C1CCCN(C(=O)C2CC2)C1. The Hall–Kier alpha value is -1.53. The van der Waals surface area contributed by atoms with E-state index in [1.165, 1.54) is 30.2 Å². The molecule has 28 heavy (non-hydrogen) atoms. The highest BCUT2D eigenvalue weighted by molar-refractivity contribution is 7.99. The van der Waals surface area contributed by atoms with Gasteiger partial charge in [-0.15, -0.1) is 0 Å². The molecule has 2 amide bonds. The van der Waals surface area contributed by atoms with Crippen LogP contribution >= 0.6 is 11.8 Å². The van der Waals surface area contributed by atoms with E-state index in [1.807, 2.05) is 28.8 Å². The van der Waals surface area contributed by atoms with Crippen LogP contribution in [0.4, 0.5) is 5.69 Å². The molecule has 1 saturated carbocycles. The molecule has 1 aliphatic carbocycles. The first-order chi connectivity index (χ1) is 13.7. The van der Waals surface area contributed by atoms with Gasteiger partial charge in [0, 0.05) is 55.8 Å². The lowest BCUT2D eigenvalue weighted by Gasteiger charge is -2.32. The van der Waals surface area contributed by atoms with Crippen molar-refractivity contribution in [1.29, 1.82) is 0 Å². The third-order valence-electron chi connectivity index (χ3n) is 6.07. The average Bonchev–Trinajstić information content (AvgIpc) is 3.59. The molecule has 0 spiro atoms. The summed E-state index contributed by atoms with van der Waals surface area (Å²) >= 11 is 2.04. The van der Waals surface area contributed by atoms with Crippen molar-refractivity contribution in [3.05, 3.63) is 29.8 Å². The summed E-state index contributed by atoms with van der Waals surface area (Å²) < 4.78 is 0. The highest BCUT2D eigenvalue weighted by Gasteiger charge is 2.36. The number of nitrogens with one attached hydrogen (secondary N) is 1. The predicted molar refractivity (Wildman–Crippen MR) is 115 cm³/mol. The minimum absolute atomic E-state index is 0.0480. The lowest BCUT2D eigenvalue weighted by molar-refractivity contribution is -0.135. The highest BCUT2D eigenvalue weighted by atomic mass is 32.2. The minimum atomic E-state index is -0.0897. The number of carbonyl (C=O) groups excluding carboxylic acids is 2. The number of hydrogen-bond donors (Lipinski definition) is 1. The fourth-order valence-electron chi connectivity index (χ4n) is 4.09. The maximum absolute atomic E-state index is 12.7. The van der Waals surface area contributed by atoms with Crippen LogP contribution in [0.5, 0.6) is 0 Å². The second-order valence-corrected chi connectivity index (χ2v) is 9.51. The van der Waals surface area contributed by atoms with Crippen molar-refractivity contribution in [2.75, 3.05) is 49.5 Å². The molecular formula is C22H31N3O2S. The second kappa shape index (κ2) is 9.31. The van der Waals surface area contributed by atoms with E-state index in [0.717, 1.165) is 50.9 Å². The van der Waals surface area contributed by atoms with Gasteiger partial charge < -0.3 is 15.1 Å². The van der Waals surface area contributed by atoms with Crippen molar-refractivity contribution in [1.82, 2.24) is 9.80 Å². The van der Waals surface area contributed by atoms with Gasteiger partial charge in [0.25, 0.3) is 0 Å². The van der Waals surface area contributed by atoms with Crippen molar-refractivity contribution in [2.45, 2.75) is 32.1 Å². The summed E-state index contributed by atoms with van der Waals surface area (Å²) in [6, 6.07) is 8.26. The zero-order chi connectivity index (χ0) is 19.3. The minimum Gasteiger partial charge on any atom is -0.342 e. The topological polar surface area (TPSA) is 52.7 Å². The average molecular weight is 402 g/mol. The molecule has 1 aromatic carbocycles. The Bertz CT molecular complexity index is 684. The molecule has 1 N–H and O–H groups in total. The molecule has 2 aliphatic heterocycles. The maximum atomic E-state index is 12.7. The number of hydrogen-bond acceptors (Lipinski definition) is 4. The van der Waals surface area contributed by atoms with Gasteiger partial charge in [0.1, 0.15) is 0 Å². The summed E-state index contributed by atoms with van der Waals surface area (Å²) in [6.07, 6.45) is 4.89. The van der Waals surface area contributed by atoms with E-state index in [9.17, 15) is 9.59 Å². The molecule has 0 radical (unpaired) electrons. The van der Waals surface area contributed by atoms with Gasteiger partial charge >= 0.3 is 0 Å². The Balaban J connectivity index is 1.25. The van der Waals surface area contributed by atoms with E-state index in [-0.39, 0.29) is 23.7 Å². The smallest absolute Gasteiger partial charge is 0.229 e. The van der Waals surface area contributed by atoms with E-state index in [2.05, 4.69) is 22.3 Å². The molecule has 152 valence electrons. The molecule has 2 heterocycles. The van der Waals surface area contributed by atoms with Gasteiger partial charge in [-0.1, -0.05) is 12.1 Å². The van der Waals surface area contributed by atoms with Crippen LogP contribution in [-0.2, 0) is 16.0 Å². The van der Waals surface area contributed by atoms with E-state index in [4.69, 9.17) is 0 Å². The Kier molecular flexibility index (Phi) is 6.58. The summed E-state index contributed by atoms with van der Waals surface area (Å²) in [5.41, 5.74) is 2.17. The number of carbonyl (C=O) groups is 2. The summed E-state index contributed by atoms with van der Waals surface area (Å²) in [5, 5.41) is 3.06. The number of likely N-dealkylation sites (tertiary alicyclic amines) is 1. The van der Waals surface area contributed by atoms with Crippen LogP contribution < -0.4 is 5.32 Å². The maximum Gasteiger partial charge on any atom is 0.229 e. The number of benzene rings is 1. The Morgan fingerprint density at radius 2 is 1.75 bits per heavy atom. The zero-order valence-corrected chi connectivity index (χ0v) is 17.4. The van der Waals surface area contributed by atoms with E-state index in [0.29, 0.717) is 6.54 Å². The van der Waals surface area contributed by atoms with Crippen LogP contribution in [0.15, 0.2) is 24.3 Å². The molecule has 0 aromatic heterocycles.